The number of benzene rings is 1. The second-order valence-corrected chi connectivity index (χ2v) is 3.83. The van der Waals surface area contributed by atoms with Crippen molar-refractivity contribution in [1.82, 2.24) is 0 Å². The number of aliphatic hydroxyl groups is 1. The Morgan fingerprint density at radius 2 is 1.94 bits per heavy atom. The maximum Gasteiger partial charge on any atom is 0.416 e. The molecule has 0 amide bonds. The molecule has 16 heavy (non-hydrogen) atoms. The average Bonchev–Trinajstić information content (AvgIpc) is 2.16. The number of rotatable bonds is 3. The van der Waals surface area contributed by atoms with Crippen LogP contribution in [0.1, 0.15) is 23.6 Å². The molecule has 0 aliphatic rings. The third kappa shape index (κ3) is 3.37. The van der Waals surface area contributed by atoms with Crippen molar-refractivity contribution in [2.45, 2.75) is 18.6 Å². The lowest BCUT2D eigenvalue weighted by Crippen LogP contribution is -2.14. The molecule has 0 aromatic heterocycles. The van der Waals surface area contributed by atoms with Crippen LogP contribution in [-0.4, -0.2) is 11.7 Å². The molecule has 0 spiro atoms. The Kier molecular flexibility index (Phi) is 4.18. The molecular weight excluding hydrogens is 243 g/mol. The SMILES string of the molecule is N[C@H](CCO)c1cc(Cl)cc(C(F)(F)F)c1. The summed E-state index contributed by atoms with van der Waals surface area (Å²) in [5.74, 6) is 0. The minimum Gasteiger partial charge on any atom is -0.396 e. The Bertz CT molecular complexity index is 368. The number of aliphatic hydroxyl groups excluding tert-OH is 1. The van der Waals surface area contributed by atoms with E-state index < -0.39 is 17.8 Å². The van der Waals surface area contributed by atoms with Crippen LogP contribution in [0.25, 0.3) is 0 Å². The molecule has 1 atom stereocenters. The summed E-state index contributed by atoms with van der Waals surface area (Å²) >= 11 is 5.58. The van der Waals surface area contributed by atoms with Crippen molar-refractivity contribution < 1.29 is 18.3 Å². The van der Waals surface area contributed by atoms with Crippen LogP contribution >= 0.6 is 11.6 Å². The minimum atomic E-state index is -4.45. The molecule has 3 N–H and O–H groups in total. The third-order valence-electron chi connectivity index (χ3n) is 2.12. The third-order valence-corrected chi connectivity index (χ3v) is 2.33. The van der Waals surface area contributed by atoms with Gasteiger partial charge in [0.05, 0.1) is 5.56 Å². The van der Waals surface area contributed by atoms with Gasteiger partial charge in [-0.25, -0.2) is 0 Å². The molecular formula is C10H11ClF3NO. The van der Waals surface area contributed by atoms with Crippen LogP contribution in [0.15, 0.2) is 18.2 Å². The van der Waals surface area contributed by atoms with E-state index in [0.717, 1.165) is 12.1 Å². The zero-order valence-electron chi connectivity index (χ0n) is 8.26. The molecule has 0 aliphatic carbocycles. The van der Waals surface area contributed by atoms with Gasteiger partial charge in [-0.1, -0.05) is 11.6 Å². The van der Waals surface area contributed by atoms with E-state index >= 15 is 0 Å². The predicted octanol–water partition coefficient (Wildman–Crippen LogP) is 2.74. The van der Waals surface area contributed by atoms with Crippen LogP contribution in [0.5, 0.6) is 0 Å². The highest BCUT2D eigenvalue weighted by Gasteiger charge is 2.31. The summed E-state index contributed by atoms with van der Waals surface area (Å²) < 4.78 is 37.3. The molecule has 0 aliphatic heterocycles. The van der Waals surface area contributed by atoms with Crippen molar-refractivity contribution in [1.29, 1.82) is 0 Å². The van der Waals surface area contributed by atoms with Crippen LogP contribution in [0.2, 0.25) is 5.02 Å². The van der Waals surface area contributed by atoms with E-state index in [0.29, 0.717) is 0 Å². The van der Waals surface area contributed by atoms with E-state index in [-0.39, 0.29) is 23.6 Å². The average molecular weight is 254 g/mol. The molecule has 0 bridgehead atoms. The Morgan fingerprint density at radius 3 is 2.44 bits per heavy atom. The fourth-order valence-corrected chi connectivity index (χ4v) is 1.54. The van der Waals surface area contributed by atoms with Crippen molar-refractivity contribution in [3.63, 3.8) is 0 Å². The first kappa shape index (κ1) is 13.3. The lowest BCUT2D eigenvalue weighted by molar-refractivity contribution is -0.137. The second-order valence-electron chi connectivity index (χ2n) is 3.39. The van der Waals surface area contributed by atoms with Crippen molar-refractivity contribution in [2.24, 2.45) is 5.73 Å². The Morgan fingerprint density at radius 1 is 1.31 bits per heavy atom. The van der Waals surface area contributed by atoms with E-state index in [2.05, 4.69) is 0 Å². The van der Waals surface area contributed by atoms with Gasteiger partial charge in [0.25, 0.3) is 0 Å². The topological polar surface area (TPSA) is 46.2 Å². The number of nitrogens with two attached hydrogens (primary N) is 1. The fourth-order valence-electron chi connectivity index (χ4n) is 1.30. The summed E-state index contributed by atoms with van der Waals surface area (Å²) in [4.78, 5) is 0. The molecule has 2 nitrogen and oxygen atoms in total. The van der Waals surface area contributed by atoms with Gasteiger partial charge in [0.1, 0.15) is 0 Å². The standard InChI is InChI=1S/C10H11ClF3NO/c11-8-4-6(9(15)1-2-16)3-7(5-8)10(12,13)14/h3-5,9,16H,1-2,15H2/t9-/m1/s1. The Balaban J connectivity index is 3.08. The molecule has 0 radical (unpaired) electrons. The normalized spacial score (nSPS) is 13.9. The van der Waals surface area contributed by atoms with E-state index in [9.17, 15) is 13.2 Å². The van der Waals surface area contributed by atoms with Gasteiger partial charge in [0.15, 0.2) is 0 Å². The first-order chi connectivity index (χ1) is 7.34. The fraction of sp³-hybridized carbons (Fsp3) is 0.400. The van der Waals surface area contributed by atoms with Gasteiger partial charge in [0.2, 0.25) is 0 Å². The first-order valence-electron chi connectivity index (χ1n) is 4.58. The predicted molar refractivity (Wildman–Crippen MR) is 55.1 cm³/mol. The number of hydrogen-bond donors (Lipinski definition) is 2. The highest BCUT2D eigenvalue weighted by Crippen LogP contribution is 2.33. The highest BCUT2D eigenvalue weighted by molar-refractivity contribution is 6.30. The highest BCUT2D eigenvalue weighted by atomic mass is 35.5. The largest absolute Gasteiger partial charge is 0.416 e. The summed E-state index contributed by atoms with van der Waals surface area (Å²) in [6.07, 6.45) is -4.25. The Labute approximate surface area is 95.8 Å². The summed E-state index contributed by atoms with van der Waals surface area (Å²) in [5.41, 5.74) is 5.04. The first-order valence-corrected chi connectivity index (χ1v) is 4.96. The van der Waals surface area contributed by atoms with Crippen molar-refractivity contribution in [2.75, 3.05) is 6.61 Å². The lowest BCUT2D eigenvalue weighted by atomic mass is 10.0. The Hall–Kier alpha value is -0.780. The van der Waals surface area contributed by atoms with E-state index in [4.69, 9.17) is 22.4 Å². The second kappa shape index (κ2) is 5.03. The van der Waals surface area contributed by atoms with Crippen LogP contribution in [0.4, 0.5) is 13.2 Å². The molecule has 0 fully saturated rings. The van der Waals surface area contributed by atoms with Gasteiger partial charge < -0.3 is 10.8 Å². The van der Waals surface area contributed by atoms with Crippen molar-refractivity contribution in [3.8, 4) is 0 Å². The molecule has 1 aromatic rings. The van der Waals surface area contributed by atoms with Crippen LogP contribution in [0.3, 0.4) is 0 Å². The zero-order chi connectivity index (χ0) is 12.3. The maximum atomic E-state index is 12.4. The van der Waals surface area contributed by atoms with Crippen LogP contribution in [-0.2, 0) is 6.18 Å². The molecule has 90 valence electrons. The van der Waals surface area contributed by atoms with Gasteiger partial charge in [-0.3, -0.25) is 0 Å². The summed E-state index contributed by atoms with van der Waals surface area (Å²) in [6.45, 7) is -0.185. The van der Waals surface area contributed by atoms with E-state index in [1.165, 1.54) is 6.07 Å². The number of halogens is 4. The smallest absolute Gasteiger partial charge is 0.396 e. The molecule has 0 saturated heterocycles. The van der Waals surface area contributed by atoms with Crippen molar-refractivity contribution >= 4 is 11.6 Å². The summed E-state index contributed by atoms with van der Waals surface area (Å²) in [7, 11) is 0. The molecule has 1 rings (SSSR count). The molecule has 0 unspecified atom stereocenters. The van der Waals surface area contributed by atoms with Crippen LogP contribution < -0.4 is 5.73 Å². The van der Waals surface area contributed by atoms with Gasteiger partial charge in [-0.15, -0.1) is 0 Å². The van der Waals surface area contributed by atoms with Gasteiger partial charge in [0, 0.05) is 17.7 Å². The van der Waals surface area contributed by atoms with Crippen molar-refractivity contribution in [3.05, 3.63) is 34.3 Å². The molecule has 6 heteroatoms. The number of hydrogen-bond acceptors (Lipinski definition) is 2. The molecule has 0 saturated carbocycles. The van der Waals surface area contributed by atoms with Gasteiger partial charge in [-0.05, 0) is 30.2 Å². The van der Waals surface area contributed by atoms with Gasteiger partial charge in [-0.2, -0.15) is 13.2 Å². The molecule has 1 aromatic carbocycles. The van der Waals surface area contributed by atoms with E-state index in [1.807, 2.05) is 0 Å². The number of alkyl halides is 3. The molecule has 0 heterocycles. The summed E-state index contributed by atoms with van der Waals surface area (Å²) in [5, 5.41) is 8.65. The van der Waals surface area contributed by atoms with Crippen LogP contribution in [0, 0.1) is 0 Å². The monoisotopic (exact) mass is 253 g/mol. The summed E-state index contributed by atoms with van der Waals surface area (Å²) in [6, 6.07) is 2.52. The van der Waals surface area contributed by atoms with Gasteiger partial charge >= 0.3 is 6.18 Å². The lowest BCUT2D eigenvalue weighted by Gasteiger charge is -2.14. The maximum absolute atomic E-state index is 12.4. The van der Waals surface area contributed by atoms with E-state index in [1.54, 1.807) is 0 Å². The zero-order valence-corrected chi connectivity index (χ0v) is 9.02. The minimum absolute atomic E-state index is 0.0155. The quantitative estimate of drug-likeness (QED) is 0.870.